The number of anilines is 1. The number of nitrogens with one attached hydrogen (secondary N) is 2. The van der Waals surface area contributed by atoms with Gasteiger partial charge in [-0.1, -0.05) is 18.2 Å². The molecule has 0 radical (unpaired) electrons. The summed E-state index contributed by atoms with van der Waals surface area (Å²) in [5.74, 6) is 0.827. The Bertz CT molecular complexity index is 813. The number of aryl methyl sites for hydroxylation is 1. The Balaban J connectivity index is 1.72. The second-order valence-electron chi connectivity index (χ2n) is 6.67. The van der Waals surface area contributed by atoms with Crippen LogP contribution in [0.3, 0.4) is 0 Å². The smallest absolute Gasteiger partial charge is 0.245 e. The maximum Gasteiger partial charge on any atom is 0.245 e. The molecule has 2 N–H and O–H groups in total. The summed E-state index contributed by atoms with van der Waals surface area (Å²) in [6, 6.07) is 11.8. The first kappa shape index (κ1) is 18.0. The lowest BCUT2D eigenvalue weighted by Crippen LogP contribution is -2.57. The quantitative estimate of drug-likeness (QED) is 0.851. The summed E-state index contributed by atoms with van der Waals surface area (Å²) in [7, 11) is 3.53. The molecule has 0 atom stereocenters. The molecule has 26 heavy (non-hydrogen) atoms. The minimum Gasteiger partial charge on any atom is -0.357 e. The fourth-order valence-corrected chi connectivity index (χ4v) is 3.49. The van der Waals surface area contributed by atoms with Gasteiger partial charge in [-0.2, -0.15) is 10.4 Å². The van der Waals surface area contributed by atoms with E-state index >= 15 is 0 Å². The van der Waals surface area contributed by atoms with Gasteiger partial charge in [0.1, 0.15) is 11.4 Å². The van der Waals surface area contributed by atoms with Crippen molar-refractivity contribution in [3.05, 3.63) is 47.7 Å². The maximum atomic E-state index is 12.6. The standard InChI is InChI=1S/C19H24N6O/c1-21-18(26)19(23-17-7-10-22-24(17)2)8-11-25(12-9-19)14-16-6-4-3-5-15(16)13-20/h3-7,10,23H,8-9,11-12,14H2,1-2H3,(H,21,26). The fraction of sp³-hybridized carbons (Fsp3) is 0.421. The van der Waals surface area contributed by atoms with Crippen LogP contribution >= 0.6 is 0 Å². The number of piperidine rings is 1. The van der Waals surface area contributed by atoms with Crippen molar-refractivity contribution in [3.63, 3.8) is 0 Å². The van der Waals surface area contributed by atoms with Gasteiger partial charge in [0.25, 0.3) is 0 Å². The molecule has 1 fully saturated rings. The number of hydrogen-bond donors (Lipinski definition) is 2. The lowest BCUT2D eigenvalue weighted by atomic mass is 9.86. The Morgan fingerprint density at radius 3 is 2.65 bits per heavy atom. The van der Waals surface area contributed by atoms with Crippen LogP contribution < -0.4 is 10.6 Å². The monoisotopic (exact) mass is 352 g/mol. The number of nitrogens with zero attached hydrogens (tertiary/aromatic N) is 4. The number of benzene rings is 1. The predicted molar refractivity (Wildman–Crippen MR) is 99.3 cm³/mol. The third-order valence-corrected chi connectivity index (χ3v) is 5.09. The molecule has 0 bridgehead atoms. The van der Waals surface area contributed by atoms with Gasteiger partial charge >= 0.3 is 0 Å². The molecule has 1 aliphatic heterocycles. The van der Waals surface area contributed by atoms with Crippen molar-refractivity contribution < 1.29 is 4.79 Å². The first-order valence-electron chi connectivity index (χ1n) is 8.77. The van der Waals surface area contributed by atoms with Crippen LogP contribution in [0.2, 0.25) is 0 Å². The van der Waals surface area contributed by atoms with E-state index in [1.807, 2.05) is 37.4 Å². The van der Waals surface area contributed by atoms with Crippen molar-refractivity contribution in [1.29, 1.82) is 5.26 Å². The summed E-state index contributed by atoms with van der Waals surface area (Å²) in [5.41, 5.74) is 1.10. The number of rotatable bonds is 5. The van der Waals surface area contributed by atoms with Gasteiger partial charge in [-0.3, -0.25) is 14.4 Å². The molecular weight excluding hydrogens is 328 g/mol. The van der Waals surface area contributed by atoms with Crippen molar-refractivity contribution in [2.24, 2.45) is 7.05 Å². The minimum absolute atomic E-state index is 0.00391. The largest absolute Gasteiger partial charge is 0.357 e. The number of carbonyl (C=O) groups is 1. The van der Waals surface area contributed by atoms with Crippen LogP contribution in [0.5, 0.6) is 0 Å². The van der Waals surface area contributed by atoms with Gasteiger partial charge in [-0.15, -0.1) is 0 Å². The van der Waals surface area contributed by atoms with E-state index in [1.165, 1.54) is 0 Å². The minimum atomic E-state index is -0.645. The topological polar surface area (TPSA) is 86.0 Å². The second-order valence-corrected chi connectivity index (χ2v) is 6.67. The number of likely N-dealkylation sites (N-methyl/N-ethyl adjacent to an activating group) is 1. The average molecular weight is 352 g/mol. The van der Waals surface area contributed by atoms with Crippen LogP contribution in [0.15, 0.2) is 36.5 Å². The summed E-state index contributed by atoms with van der Waals surface area (Å²) in [5, 5.41) is 19.6. The molecule has 1 saturated heterocycles. The van der Waals surface area contributed by atoms with Gasteiger partial charge < -0.3 is 10.6 Å². The third kappa shape index (κ3) is 3.55. The molecule has 0 unspecified atom stereocenters. The highest BCUT2D eigenvalue weighted by Gasteiger charge is 2.41. The van der Waals surface area contributed by atoms with Crippen molar-refractivity contribution in [2.45, 2.75) is 24.9 Å². The van der Waals surface area contributed by atoms with Crippen LogP contribution in [0.1, 0.15) is 24.0 Å². The average Bonchev–Trinajstić information content (AvgIpc) is 3.07. The first-order valence-corrected chi connectivity index (χ1v) is 8.77. The highest BCUT2D eigenvalue weighted by molar-refractivity contribution is 5.89. The molecular formula is C19H24N6O. The molecule has 1 amide bonds. The molecule has 7 nitrogen and oxygen atoms in total. The zero-order chi connectivity index (χ0) is 18.6. The van der Waals surface area contributed by atoms with E-state index in [2.05, 4.69) is 26.7 Å². The fourth-order valence-electron chi connectivity index (χ4n) is 3.49. The highest BCUT2D eigenvalue weighted by Crippen LogP contribution is 2.28. The normalized spacial score (nSPS) is 16.7. The number of hydrogen-bond acceptors (Lipinski definition) is 5. The van der Waals surface area contributed by atoms with Crippen LogP contribution in [-0.4, -0.2) is 46.3 Å². The van der Waals surface area contributed by atoms with Crippen molar-refractivity contribution in [2.75, 3.05) is 25.5 Å². The SMILES string of the molecule is CNC(=O)C1(Nc2ccnn2C)CCN(Cc2ccccc2C#N)CC1. The Hall–Kier alpha value is -2.85. The molecule has 136 valence electrons. The van der Waals surface area contributed by atoms with Crippen LogP contribution in [-0.2, 0) is 18.4 Å². The van der Waals surface area contributed by atoms with Crippen molar-refractivity contribution >= 4 is 11.7 Å². The molecule has 0 saturated carbocycles. The van der Waals surface area contributed by atoms with Crippen LogP contribution in [0.4, 0.5) is 5.82 Å². The summed E-state index contributed by atoms with van der Waals surface area (Å²) in [4.78, 5) is 14.9. The summed E-state index contributed by atoms with van der Waals surface area (Å²) >= 11 is 0. The molecule has 0 aliphatic carbocycles. The number of aromatic nitrogens is 2. The zero-order valence-electron chi connectivity index (χ0n) is 15.2. The van der Waals surface area contributed by atoms with E-state index in [1.54, 1.807) is 17.9 Å². The van der Waals surface area contributed by atoms with Gasteiger partial charge in [0, 0.05) is 39.8 Å². The van der Waals surface area contributed by atoms with Gasteiger partial charge in [-0.25, -0.2) is 0 Å². The molecule has 0 spiro atoms. The zero-order valence-corrected chi connectivity index (χ0v) is 15.2. The van der Waals surface area contributed by atoms with Crippen LogP contribution in [0, 0.1) is 11.3 Å². The Morgan fingerprint density at radius 1 is 1.31 bits per heavy atom. The van der Waals surface area contributed by atoms with Crippen molar-refractivity contribution in [3.8, 4) is 6.07 Å². The number of likely N-dealkylation sites (tertiary alicyclic amines) is 1. The molecule has 2 heterocycles. The van der Waals surface area contributed by atoms with E-state index in [9.17, 15) is 10.1 Å². The summed E-state index contributed by atoms with van der Waals surface area (Å²) < 4.78 is 1.74. The van der Waals surface area contributed by atoms with Gasteiger partial charge in [-0.05, 0) is 24.5 Å². The van der Waals surface area contributed by atoms with E-state index in [0.717, 1.165) is 31.0 Å². The summed E-state index contributed by atoms with van der Waals surface area (Å²) in [6.45, 7) is 2.27. The Labute approximate surface area is 153 Å². The highest BCUT2D eigenvalue weighted by atomic mass is 16.2. The van der Waals surface area contributed by atoms with Crippen molar-refractivity contribution in [1.82, 2.24) is 20.0 Å². The maximum absolute atomic E-state index is 12.6. The van der Waals surface area contributed by atoms with E-state index in [0.29, 0.717) is 18.4 Å². The van der Waals surface area contributed by atoms with E-state index in [4.69, 9.17) is 0 Å². The third-order valence-electron chi connectivity index (χ3n) is 5.09. The molecule has 1 aliphatic rings. The van der Waals surface area contributed by atoms with Crippen LogP contribution in [0.25, 0.3) is 0 Å². The Kier molecular flexibility index (Phi) is 5.24. The molecule has 7 heteroatoms. The predicted octanol–water partition coefficient (Wildman–Crippen LogP) is 1.48. The number of amides is 1. The number of carbonyl (C=O) groups excluding carboxylic acids is 1. The van der Waals surface area contributed by atoms with Gasteiger partial charge in [0.05, 0.1) is 17.8 Å². The molecule has 1 aromatic heterocycles. The van der Waals surface area contributed by atoms with E-state index in [-0.39, 0.29) is 5.91 Å². The second kappa shape index (κ2) is 7.58. The molecule has 2 aromatic rings. The molecule has 1 aromatic carbocycles. The lowest BCUT2D eigenvalue weighted by molar-refractivity contribution is -0.126. The Morgan fingerprint density at radius 2 is 2.04 bits per heavy atom. The number of nitriles is 1. The molecule has 3 rings (SSSR count). The lowest BCUT2D eigenvalue weighted by Gasteiger charge is -2.41. The van der Waals surface area contributed by atoms with E-state index < -0.39 is 5.54 Å². The van der Waals surface area contributed by atoms with Gasteiger partial charge in [0.15, 0.2) is 0 Å². The van der Waals surface area contributed by atoms with Gasteiger partial charge in [0.2, 0.25) is 5.91 Å². The summed E-state index contributed by atoms with van der Waals surface area (Å²) in [6.07, 6.45) is 3.09. The first-order chi connectivity index (χ1) is 12.6.